The van der Waals surface area contributed by atoms with E-state index in [0.717, 1.165) is 12.6 Å². The largest absolute Gasteiger partial charge is 0.296 e. The van der Waals surface area contributed by atoms with Gasteiger partial charge in [0.25, 0.3) is 0 Å². The zero-order valence-electron chi connectivity index (χ0n) is 12.0. The number of hydrogen-bond acceptors (Lipinski definition) is 4. The third-order valence-corrected chi connectivity index (χ3v) is 6.38. The lowest BCUT2D eigenvalue weighted by atomic mass is 10.3. The van der Waals surface area contributed by atoms with Crippen LogP contribution in [0.25, 0.3) is 0 Å². The Morgan fingerprint density at radius 2 is 1.91 bits per heavy atom. The van der Waals surface area contributed by atoms with E-state index >= 15 is 0 Å². The predicted molar refractivity (Wildman–Crippen MR) is 84.8 cm³/mol. The number of nitrogens with zero attached hydrogens (tertiary/aromatic N) is 2. The molecule has 0 N–H and O–H groups in total. The zero-order valence-corrected chi connectivity index (χ0v) is 13.6. The van der Waals surface area contributed by atoms with E-state index < -0.39 is 15.8 Å². The molecule has 7 heteroatoms. The Bertz CT molecular complexity index is 724. The summed E-state index contributed by atoms with van der Waals surface area (Å²) in [7, 11) is -3.60. The zero-order chi connectivity index (χ0) is 15.6. The third kappa shape index (κ3) is 3.38. The van der Waals surface area contributed by atoms with E-state index in [1.807, 2.05) is 5.38 Å². The summed E-state index contributed by atoms with van der Waals surface area (Å²) < 4.78 is 39.7. The standard InChI is InChI=1S/C15H17FN2O2S2/c16-14-2-1-3-15(10-14)22(19,20)18-7-5-17(6-8-18)11-13-4-9-21-12-13/h1-4,9-10,12H,5-8,11H2. The van der Waals surface area contributed by atoms with Gasteiger partial charge in [-0.3, -0.25) is 4.90 Å². The summed E-state index contributed by atoms with van der Waals surface area (Å²) in [6.45, 7) is 3.08. The van der Waals surface area contributed by atoms with Crippen molar-refractivity contribution in [3.63, 3.8) is 0 Å². The first-order chi connectivity index (χ1) is 10.6. The van der Waals surface area contributed by atoms with Crippen molar-refractivity contribution in [3.8, 4) is 0 Å². The summed E-state index contributed by atoms with van der Waals surface area (Å²) in [5, 5.41) is 4.15. The Morgan fingerprint density at radius 3 is 2.55 bits per heavy atom. The molecule has 0 aliphatic carbocycles. The van der Waals surface area contributed by atoms with Crippen molar-refractivity contribution in [1.82, 2.24) is 9.21 Å². The highest BCUT2D eigenvalue weighted by atomic mass is 32.2. The maximum Gasteiger partial charge on any atom is 0.243 e. The van der Waals surface area contributed by atoms with Crippen LogP contribution in [0.3, 0.4) is 0 Å². The second-order valence-corrected chi connectivity index (χ2v) is 7.99. The van der Waals surface area contributed by atoms with Crippen LogP contribution in [0.1, 0.15) is 5.56 Å². The van der Waals surface area contributed by atoms with Gasteiger partial charge in [0, 0.05) is 32.7 Å². The molecule has 118 valence electrons. The van der Waals surface area contributed by atoms with E-state index in [4.69, 9.17) is 0 Å². The van der Waals surface area contributed by atoms with Crippen LogP contribution in [0.2, 0.25) is 0 Å². The van der Waals surface area contributed by atoms with E-state index in [1.165, 1.54) is 28.1 Å². The van der Waals surface area contributed by atoms with E-state index in [1.54, 1.807) is 11.3 Å². The lowest BCUT2D eigenvalue weighted by Crippen LogP contribution is -2.48. The monoisotopic (exact) mass is 340 g/mol. The number of benzene rings is 1. The smallest absolute Gasteiger partial charge is 0.243 e. The molecule has 0 atom stereocenters. The van der Waals surface area contributed by atoms with Gasteiger partial charge < -0.3 is 0 Å². The second kappa shape index (κ2) is 6.45. The van der Waals surface area contributed by atoms with Gasteiger partial charge in [-0.25, -0.2) is 12.8 Å². The minimum atomic E-state index is -3.60. The molecule has 0 radical (unpaired) electrons. The molecule has 3 rings (SSSR count). The van der Waals surface area contributed by atoms with Crippen LogP contribution in [-0.4, -0.2) is 43.8 Å². The molecule has 2 aromatic rings. The number of rotatable bonds is 4. The van der Waals surface area contributed by atoms with Gasteiger partial charge in [-0.05, 0) is 40.6 Å². The van der Waals surface area contributed by atoms with Crippen molar-refractivity contribution < 1.29 is 12.8 Å². The van der Waals surface area contributed by atoms with Crippen LogP contribution in [0.5, 0.6) is 0 Å². The Morgan fingerprint density at radius 1 is 1.14 bits per heavy atom. The molecule has 0 saturated carbocycles. The summed E-state index contributed by atoms with van der Waals surface area (Å²) in [6.07, 6.45) is 0. The van der Waals surface area contributed by atoms with Crippen molar-refractivity contribution in [2.24, 2.45) is 0 Å². The summed E-state index contributed by atoms with van der Waals surface area (Å²) in [5.74, 6) is -0.530. The van der Waals surface area contributed by atoms with E-state index in [2.05, 4.69) is 16.3 Å². The Hall–Kier alpha value is -1.28. The van der Waals surface area contributed by atoms with Crippen LogP contribution in [-0.2, 0) is 16.6 Å². The molecule has 4 nitrogen and oxygen atoms in total. The molecule has 0 unspecified atom stereocenters. The van der Waals surface area contributed by atoms with E-state index in [-0.39, 0.29) is 4.90 Å². The Balaban J connectivity index is 1.65. The van der Waals surface area contributed by atoms with Gasteiger partial charge >= 0.3 is 0 Å². The van der Waals surface area contributed by atoms with Crippen LogP contribution in [0.4, 0.5) is 4.39 Å². The second-order valence-electron chi connectivity index (χ2n) is 5.27. The molecular formula is C15H17FN2O2S2. The fraction of sp³-hybridized carbons (Fsp3) is 0.333. The van der Waals surface area contributed by atoms with E-state index in [0.29, 0.717) is 26.2 Å². The van der Waals surface area contributed by atoms with Crippen molar-refractivity contribution in [1.29, 1.82) is 0 Å². The number of halogens is 1. The number of piperazine rings is 1. The molecule has 1 fully saturated rings. The Kier molecular flexibility index (Phi) is 4.58. The Labute approximate surface area is 133 Å². The summed E-state index contributed by atoms with van der Waals surface area (Å²) >= 11 is 1.66. The minimum absolute atomic E-state index is 0.0267. The summed E-state index contributed by atoms with van der Waals surface area (Å²) in [6, 6.07) is 7.27. The van der Waals surface area contributed by atoms with Crippen molar-refractivity contribution in [2.45, 2.75) is 11.4 Å². The highest BCUT2D eigenvalue weighted by Gasteiger charge is 2.28. The fourth-order valence-corrected chi connectivity index (χ4v) is 4.66. The van der Waals surface area contributed by atoms with Gasteiger partial charge in [0.1, 0.15) is 5.82 Å². The van der Waals surface area contributed by atoms with E-state index in [9.17, 15) is 12.8 Å². The SMILES string of the molecule is O=S(=O)(c1cccc(F)c1)N1CCN(Cc2ccsc2)CC1. The average Bonchev–Trinajstić information content (AvgIpc) is 3.01. The molecule has 0 amide bonds. The first kappa shape index (κ1) is 15.6. The van der Waals surface area contributed by atoms with Crippen LogP contribution in [0.15, 0.2) is 46.0 Å². The van der Waals surface area contributed by atoms with Gasteiger partial charge in [-0.2, -0.15) is 15.6 Å². The number of thiophene rings is 1. The molecule has 0 bridgehead atoms. The quantitative estimate of drug-likeness (QED) is 0.858. The number of sulfonamides is 1. The van der Waals surface area contributed by atoms with Crippen LogP contribution >= 0.6 is 11.3 Å². The molecule has 1 saturated heterocycles. The lowest BCUT2D eigenvalue weighted by Gasteiger charge is -2.33. The predicted octanol–water partition coefficient (Wildman–Crippen LogP) is 2.39. The maximum atomic E-state index is 13.2. The molecule has 22 heavy (non-hydrogen) atoms. The normalized spacial score (nSPS) is 17.7. The van der Waals surface area contributed by atoms with Gasteiger partial charge in [0.15, 0.2) is 0 Å². The van der Waals surface area contributed by atoms with Crippen molar-refractivity contribution in [2.75, 3.05) is 26.2 Å². The molecular weight excluding hydrogens is 323 g/mol. The molecule has 2 heterocycles. The first-order valence-corrected chi connectivity index (χ1v) is 9.43. The molecule has 0 spiro atoms. The number of hydrogen-bond donors (Lipinski definition) is 0. The lowest BCUT2D eigenvalue weighted by molar-refractivity contribution is 0.182. The van der Waals surface area contributed by atoms with Crippen molar-refractivity contribution in [3.05, 3.63) is 52.5 Å². The summed E-state index contributed by atoms with van der Waals surface area (Å²) in [4.78, 5) is 2.26. The first-order valence-electron chi connectivity index (χ1n) is 7.05. The molecule has 1 aliphatic heterocycles. The topological polar surface area (TPSA) is 40.6 Å². The van der Waals surface area contributed by atoms with Gasteiger partial charge in [0.2, 0.25) is 10.0 Å². The highest BCUT2D eigenvalue weighted by Crippen LogP contribution is 2.19. The fourth-order valence-electron chi connectivity index (χ4n) is 2.55. The van der Waals surface area contributed by atoms with Crippen LogP contribution < -0.4 is 0 Å². The highest BCUT2D eigenvalue weighted by molar-refractivity contribution is 7.89. The third-order valence-electron chi connectivity index (χ3n) is 3.75. The molecule has 1 aromatic heterocycles. The maximum absolute atomic E-state index is 13.2. The molecule has 1 aromatic carbocycles. The minimum Gasteiger partial charge on any atom is -0.296 e. The van der Waals surface area contributed by atoms with Gasteiger partial charge in [-0.15, -0.1) is 0 Å². The van der Waals surface area contributed by atoms with Crippen LogP contribution in [0, 0.1) is 5.82 Å². The van der Waals surface area contributed by atoms with Gasteiger partial charge in [-0.1, -0.05) is 6.07 Å². The van der Waals surface area contributed by atoms with Gasteiger partial charge in [0.05, 0.1) is 4.90 Å². The average molecular weight is 340 g/mol. The molecule has 1 aliphatic rings. The van der Waals surface area contributed by atoms with Crippen molar-refractivity contribution >= 4 is 21.4 Å². The summed E-state index contributed by atoms with van der Waals surface area (Å²) in [5.41, 5.74) is 1.26.